The number of rotatable bonds is 1. The van der Waals surface area contributed by atoms with Crippen LogP contribution in [-0.2, 0) is 0 Å². The van der Waals surface area contributed by atoms with E-state index in [0.717, 1.165) is 0 Å². The molecule has 0 bridgehead atoms. The van der Waals surface area contributed by atoms with Gasteiger partial charge in [0.05, 0.1) is 0 Å². The van der Waals surface area contributed by atoms with Gasteiger partial charge in [-0.15, -0.1) is 4.48 Å². The van der Waals surface area contributed by atoms with Gasteiger partial charge in [0, 0.05) is 12.4 Å². The third-order valence-electron chi connectivity index (χ3n) is 1.77. The first-order valence-electron chi connectivity index (χ1n) is 3.77. The molecule has 2 rings (SSSR count). The summed E-state index contributed by atoms with van der Waals surface area (Å²) < 4.78 is 12.2. The number of halogens is 1. The Morgan fingerprint density at radius 3 is 3.00 bits per heavy atom. The minimum atomic E-state index is -1.00. The van der Waals surface area contributed by atoms with E-state index in [4.69, 9.17) is 5.73 Å². The lowest BCUT2D eigenvalue weighted by atomic mass is 10.3. The van der Waals surface area contributed by atoms with Crippen molar-refractivity contribution in [1.82, 2.24) is 20.6 Å². The van der Waals surface area contributed by atoms with E-state index >= 15 is 0 Å². The lowest BCUT2D eigenvalue weighted by Crippen LogP contribution is -2.58. The smallest absolute Gasteiger partial charge is 0.295 e. The zero-order valence-electron chi connectivity index (χ0n) is 6.94. The molecule has 4 N–H and O–H groups in total. The van der Waals surface area contributed by atoms with Gasteiger partial charge in [-0.25, -0.2) is 15.0 Å². The second-order valence-electron chi connectivity index (χ2n) is 2.60. The van der Waals surface area contributed by atoms with Gasteiger partial charge in [-0.3, -0.25) is 10.5 Å². The van der Waals surface area contributed by atoms with Crippen molar-refractivity contribution in [3.63, 3.8) is 0 Å². The Bertz CT molecular complexity index is 371. The number of nitrogens with zero attached hydrogens (tertiary/aromatic N) is 3. The number of carbonyl (C=O) groups excluding carboxylic acids is 1. The molecule has 1 atom stereocenters. The van der Waals surface area contributed by atoms with Gasteiger partial charge >= 0.3 is 0 Å². The highest BCUT2D eigenvalue weighted by atomic mass is 19.2. The summed E-state index contributed by atoms with van der Waals surface area (Å²) >= 11 is 0. The van der Waals surface area contributed by atoms with Crippen LogP contribution in [0, 0.1) is 0 Å². The molecule has 0 spiro atoms. The lowest BCUT2D eigenvalue weighted by molar-refractivity contribution is 0.0220. The summed E-state index contributed by atoms with van der Waals surface area (Å²) in [5.41, 5.74) is 6.62. The Balaban J connectivity index is 2.43. The molecule has 1 aromatic heterocycles. The third kappa shape index (κ3) is 1.17. The first kappa shape index (κ1) is 8.78. The summed E-state index contributed by atoms with van der Waals surface area (Å²) in [6.45, 7) is 0. The first-order valence-corrected chi connectivity index (χ1v) is 3.77. The summed E-state index contributed by atoms with van der Waals surface area (Å²) in [7, 11) is 0. The largest absolute Gasteiger partial charge is 0.335 e. The molecular weight excluding hydrogens is 191 g/mol. The predicted octanol–water partition coefficient (Wildman–Crippen LogP) is -1.02. The van der Waals surface area contributed by atoms with Gasteiger partial charge in [0.2, 0.25) is 0 Å². The lowest BCUT2D eigenvalue weighted by Gasteiger charge is -2.30. The second kappa shape index (κ2) is 3.16. The normalized spacial score (nSPS) is 20.3. The van der Waals surface area contributed by atoms with E-state index < -0.39 is 12.2 Å². The molecular formula is C6H7FN6O. The van der Waals surface area contributed by atoms with Gasteiger partial charge in [0.15, 0.2) is 17.8 Å². The maximum Gasteiger partial charge on any atom is 0.295 e. The highest BCUT2D eigenvalue weighted by Crippen LogP contribution is 2.17. The molecule has 74 valence electrons. The molecule has 14 heavy (non-hydrogen) atoms. The standard InChI is InChI=1S/C6H7FN6O/c7-12-13-5(14)3-4(11-6(13)8)10-2-1-9-3/h1-2,6,12H,8H2,(H,10,11). The molecule has 0 saturated carbocycles. The fourth-order valence-electron chi connectivity index (χ4n) is 1.14. The van der Waals surface area contributed by atoms with Crippen molar-refractivity contribution in [3.8, 4) is 0 Å². The minimum Gasteiger partial charge on any atom is -0.335 e. The Hall–Kier alpha value is -1.80. The van der Waals surface area contributed by atoms with Crippen LogP contribution in [-0.4, -0.2) is 27.2 Å². The zero-order chi connectivity index (χ0) is 10.1. The molecule has 0 aliphatic carbocycles. The highest BCUT2D eigenvalue weighted by molar-refractivity contribution is 5.98. The molecule has 8 heteroatoms. The number of fused-ring (bicyclic) bond motifs is 1. The Morgan fingerprint density at radius 1 is 1.57 bits per heavy atom. The fraction of sp³-hybridized carbons (Fsp3) is 0.167. The fourth-order valence-corrected chi connectivity index (χ4v) is 1.14. The molecule has 1 amide bonds. The summed E-state index contributed by atoms with van der Waals surface area (Å²) in [6, 6.07) is 0. The SMILES string of the molecule is NC1Nc2nccnc2C(=O)N1NF. The predicted molar refractivity (Wildman–Crippen MR) is 44.0 cm³/mol. The van der Waals surface area contributed by atoms with Gasteiger partial charge in [0.1, 0.15) is 0 Å². The number of amides is 1. The van der Waals surface area contributed by atoms with Crippen molar-refractivity contribution >= 4 is 11.7 Å². The molecule has 1 aliphatic rings. The Kier molecular flexibility index (Phi) is 1.98. The number of hydrogen-bond donors (Lipinski definition) is 3. The van der Waals surface area contributed by atoms with Gasteiger partial charge < -0.3 is 5.32 Å². The van der Waals surface area contributed by atoms with Crippen molar-refractivity contribution in [2.75, 3.05) is 5.32 Å². The Labute approximate surface area is 78.0 Å². The van der Waals surface area contributed by atoms with Crippen LogP contribution in [0.4, 0.5) is 10.3 Å². The molecule has 2 heterocycles. The topological polar surface area (TPSA) is 96.2 Å². The number of carbonyl (C=O) groups is 1. The van der Waals surface area contributed by atoms with E-state index in [9.17, 15) is 9.28 Å². The van der Waals surface area contributed by atoms with Gasteiger partial charge in [-0.1, -0.05) is 5.65 Å². The van der Waals surface area contributed by atoms with Gasteiger partial charge in [-0.2, -0.15) is 0 Å². The summed E-state index contributed by atoms with van der Waals surface area (Å²) in [5, 5.41) is 3.18. The number of nitrogens with one attached hydrogen (secondary N) is 2. The molecule has 1 aliphatic heterocycles. The number of hydrogen-bond acceptors (Lipinski definition) is 6. The molecule has 0 saturated heterocycles. The van der Waals surface area contributed by atoms with Crippen LogP contribution in [0.5, 0.6) is 0 Å². The number of aromatic nitrogens is 2. The van der Waals surface area contributed by atoms with Crippen molar-refractivity contribution < 1.29 is 9.28 Å². The van der Waals surface area contributed by atoms with E-state index in [0.29, 0.717) is 5.01 Å². The van der Waals surface area contributed by atoms with E-state index in [1.165, 1.54) is 18.0 Å². The maximum absolute atomic E-state index is 12.2. The van der Waals surface area contributed by atoms with E-state index in [-0.39, 0.29) is 11.5 Å². The Morgan fingerprint density at radius 2 is 2.29 bits per heavy atom. The molecule has 0 aromatic carbocycles. The second-order valence-corrected chi connectivity index (χ2v) is 2.60. The molecule has 1 unspecified atom stereocenters. The number of hydrazine groups is 1. The number of nitrogens with two attached hydrogens (primary N) is 1. The highest BCUT2D eigenvalue weighted by Gasteiger charge is 2.31. The van der Waals surface area contributed by atoms with Crippen LogP contribution in [0.1, 0.15) is 10.5 Å². The molecule has 1 aromatic rings. The quantitative estimate of drug-likeness (QED) is 0.499. The van der Waals surface area contributed by atoms with Crippen molar-refractivity contribution in [2.45, 2.75) is 6.29 Å². The summed E-state index contributed by atoms with van der Waals surface area (Å²) in [5.74, 6) is -0.418. The third-order valence-corrected chi connectivity index (χ3v) is 1.77. The van der Waals surface area contributed by atoms with E-state index in [1.54, 1.807) is 0 Å². The van der Waals surface area contributed by atoms with Crippen LogP contribution in [0.3, 0.4) is 0 Å². The summed E-state index contributed by atoms with van der Waals surface area (Å²) in [6.07, 6.45) is 1.74. The van der Waals surface area contributed by atoms with Crippen molar-refractivity contribution in [3.05, 3.63) is 18.1 Å². The zero-order valence-corrected chi connectivity index (χ0v) is 6.94. The average Bonchev–Trinajstić information content (AvgIpc) is 2.18. The van der Waals surface area contributed by atoms with Crippen LogP contribution < -0.4 is 16.7 Å². The maximum atomic E-state index is 12.2. The van der Waals surface area contributed by atoms with E-state index in [1.807, 2.05) is 0 Å². The van der Waals surface area contributed by atoms with Crippen LogP contribution >= 0.6 is 0 Å². The van der Waals surface area contributed by atoms with Gasteiger partial charge in [0.25, 0.3) is 5.91 Å². The van der Waals surface area contributed by atoms with E-state index in [2.05, 4.69) is 15.3 Å². The number of anilines is 1. The van der Waals surface area contributed by atoms with Crippen molar-refractivity contribution in [2.24, 2.45) is 5.73 Å². The van der Waals surface area contributed by atoms with Crippen LogP contribution in [0.2, 0.25) is 0 Å². The monoisotopic (exact) mass is 198 g/mol. The van der Waals surface area contributed by atoms with Gasteiger partial charge in [-0.05, 0) is 0 Å². The summed E-state index contributed by atoms with van der Waals surface area (Å²) in [4.78, 5) is 19.1. The minimum absolute atomic E-state index is 0.0272. The average molecular weight is 198 g/mol. The molecule has 7 nitrogen and oxygen atoms in total. The molecule has 0 radical (unpaired) electrons. The van der Waals surface area contributed by atoms with Crippen LogP contribution in [0.15, 0.2) is 12.4 Å². The first-order chi connectivity index (χ1) is 6.74. The molecule has 0 fully saturated rings. The van der Waals surface area contributed by atoms with Crippen molar-refractivity contribution in [1.29, 1.82) is 0 Å². The van der Waals surface area contributed by atoms with Crippen LogP contribution in [0.25, 0.3) is 0 Å².